The van der Waals surface area contributed by atoms with Crippen LogP contribution in [0.2, 0.25) is 0 Å². The van der Waals surface area contributed by atoms with Gasteiger partial charge < -0.3 is 10.1 Å². The van der Waals surface area contributed by atoms with Crippen molar-refractivity contribution in [3.8, 4) is 11.8 Å². The lowest BCUT2D eigenvalue weighted by Gasteiger charge is -2.16. The van der Waals surface area contributed by atoms with E-state index in [1.165, 1.54) is 0 Å². The smallest absolute Gasteiger partial charge is 0.266 e. The zero-order valence-electron chi connectivity index (χ0n) is 17.5. The van der Waals surface area contributed by atoms with Gasteiger partial charge in [-0.15, -0.1) is 0 Å². The number of carbonyl (C=O) groups is 1. The Morgan fingerprint density at radius 2 is 1.89 bits per heavy atom. The van der Waals surface area contributed by atoms with Gasteiger partial charge in [0.05, 0.1) is 6.61 Å². The SMILES string of the molecule is CCOc1cc(C)c(/C=C(\C#N)C(=O)Nc2cc(C)ccc2C)cc1C(C)C. The molecule has 0 aliphatic carbocycles. The Morgan fingerprint density at radius 1 is 1.18 bits per heavy atom. The minimum absolute atomic E-state index is 0.0721. The standard InChI is InChI=1S/C24H28N2O2/c1-7-28-23-11-18(6)19(13-21(23)15(2)3)12-20(14-25)24(27)26-22-10-16(4)8-9-17(22)5/h8-13,15H,7H2,1-6H3,(H,26,27)/b20-12+. The Balaban J connectivity index is 2.40. The monoisotopic (exact) mass is 376 g/mol. The molecule has 0 unspecified atom stereocenters. The molecule has 1 N–H and O–H groups in total. The Bertz CT molecular complexity index is 950. The van der Waals surface area contributed by atoms with Crippen molar-refractivity contribution in [2.75, 3.05) is 11.9 Å². The third kappa shape index (κ3) is 5.01. The fraction of sp³-hybridized carbons (Fsp3) is 0.333. The van der Waals surface area contributed by atoms with Gasteiger partial charge in [0.15, 0.2) is 0 Å². The number of hydrogen-bond donors (Lipinski definition) is 1. The third-order valence-corrected chi connectivity index (χ3v) is 4.63. The zero-order valence-corrected chi connectivity index (χ0v) is 17.5. The highest BCUT2D eigenvalue weighted by Crippen LogP contribution is 2.31. The summed E-state index contributed by atoms with van der Waals surface area (Å²) in [6.45, 7) is 12.6. The number of benzene rings is 2. The minimum Gasteiger partial charge on any atom is -0.494 e. The van der Waals surface area contributed by atoms with Gasteiger partial charge >= 0.3 is 0 Å². The van der Waals surface area contributed by atoms with E-state index in [1.807, 2.05) is 64.1 Å². The summed E-state index contributed by atoms with van der Waals surface area (Å²) in [4.78, 5) is 12.7. The van der Waals surface area contributed by atoms with E-state index >= 15 is 0 Å². The van der Waals surface area contributed by atoms with Crippen LogP contribution in [-0.2, 0) is 4.79 Å². The average molecular weight is 377 g/mol. The molecule has 0 aromatic heterocycles. The van der Waals surface area contributed by atoms with Crippen LogP contribution in [0.4, 0.5) is 5.69 Å². The Hall–Kier alpha value is -3.06. The lowest BCUT2D eigenvalue weighted by molar-refractivity contribution is -0.112. The summed E-state index contributed by atoms with van der Waals surface area (Å²) >= 11 is 0. The number of carbonyl (C=O) groups excluding carboxylic acids is 1. The molecule has 0 atom stereocenters. The van der Waals surface area contributed by atoms with Crippen LogP contribution in [0, 0.1) is 32.1 Å². The van der Waals surface area contributed by atoms with Crippen molar-refractivity contribution < 1.29 is 9.53 Å². The number of hydrogen-bond acceptors (Lipinski definition) is 3. The maximum atomic E-state index is 12.7. The Labute approximate surface area is 167 Å². The molecule has 0 aliphatic heterocycles. The van der Waals surface area contributed by atoms with Gasteiger partial charge in [0.2, 0.25) is 0 Å². The molecule has 0 spiro atoms. The Kier molecular flexibility index (Phi) is 7.00. The van der Waals surface area contributed by atoms with Gasteiger partial charge in [0, 0.05) is 5.69 Å². The topological polar surface area (TPSA) is 62.1 Å². The minimum atomic E-state index is -0.407. The van der Waals surface area contributed by atoms with Crippen molar-refractivity contribution >= 4 is 17.7 Å². The molecule has 0 saturated heterocycles. The quantitative estimate of drug-likeness (QED) is 0.521. The van der Waals surface area contributed by atoms with E-state index in [0.717, 1.165) is 39.3 Å². The Morgan fingerprint density at radius 3 is 2.50 bits per heavy atom. The molecule has 0 heterocycles. The molecule has 2 aromatic carbocycles. The third-order valence-electron chi connectivity index (χ3n) is 4.63. The van der Waals surface area contributed by atoms with E-state index in [0.29, 0.717) is 6.61 Å². The highest BCUT2D eigenvalue weighted by molar-refractivity contribution is 6.10. The van der Waals surface area contributed by atoms with Gasteiger partial charge in [-0.3, -0.25) is 4.79 Å². The van der Waals surface area contributed by atoms with Gasteiger partial charge in [0.1, 0.15) is 17.4 Å². The first-order chi connectivity index (χ1) is 13.3. The average Bonchev–Trinajstić information content (AvgIpc) is 2.64. The second kappa shape index (κ2) is 9.23. The number of nitriles is 1. The highest BCUT2D eigenvalue weighted by Gasteiger charge is 2.15. The van der Waals surface area contributed by atoms with Crippen molar-refractivity contribution in [1.82, 2.24) is 0 Å². The second-order valence-corrected chi connectivity index (χ2v) is 7.28. The fourth-order valence-corrected chi connectivity index (χ4v) is 2.97. The largest absolute Gasteiger partial charge is 0.494 e. The number of ether oxygens (including phenoxy) is 1. The maximum absolute atomic E-state index is 12.7. The van der Waals surface area contributed by atoms with Crippen LogP contribution in [0.1, 0.15) is 54.5 Å². The molecule has 1 amide bonds. The fourth-order valence-electron chi connectivity index (χ4n) is 2.97. The summed E-state index contributed by atoms with van der Waals surface area (Å²) in [5.74, 6) is 0.713. The molecule has 0 saturated carbocycles. The van der Waals surface area contributed by atoms with Gasteiger partial charge in [-0.1, -0.05) is 26.0 Å². The zero-order chi connectivity index (χ0) is 20.8. The van der Waals surface area contributed by atoms with Gasteiger partial charge in [-0.05, 0) is 85.7 Å². The van der Waals surface area contributed by atoms with Crippen LogP contribution in [0.5, 0.6) is 5.75 Å². The van der Waals surface area contributed by atoms with Crippen LogP contribution < -0.4 is 10.1 Å². The van der Waals surface area contributed by atoms with Crippen molar-refractivity contribution in [1.29, 1.82) is 5.26 Å². The van der Waals surface area contributed by atoms with E-state index < -0.39 is 5.91 Å². The van der Waals surface area contributed by atoms with Crippen LogP contribution >= 0.6 is 0 Å². The van der Waals surface area contributed by atoms with Crippen LogP contribution in [-0.4, -0.2) is 12.5 Å². The number of nitrogens with one attached hydrogen (secondary N) is 1. The summed E-state index contributed by atoms with van der Waals surface area (Å²) in [5.41, 5.74) is 5.66. The number of rotatable bonds is 6. The van der Waals surface area contributed by atoms with Crippen molar-refractivity contribution in [2.24, 2.45) is 0 Å². The summed E-state index contributed by atoms with van der Waals surface area (Å²) in [7, 11) is 0. The lowest BCUT2D eigenvalue weighted by atomic mass is 9.95. The molecule has 4 nitrogen and oxygen atoms in total. The predicted molar refractivity (Wildman–Crippen MR) is 115 cm³/mol. The first kappa shape index (κ1) is 21.2. The van der Waals surface area contributed by atoms with Crippen LogP contribution in [0.15, 0.2) is 35.9 Å². The molecule has 0 bridgehead atoms. The van der Waals surface area contributed by atoms with Gasteiger partial charge in [-0.25, -0.2) is 0 Å². The molecule has 4 heteroatoms. The molecule has 146 valence electrons. The van der Waals surface area contributed by atoms with Crippen LogP contribution in [0.25, 0.3) is 6.08 Å². The van der Waals surface area contributed by atoms with E-state index in [-0.39, 0.29) is 11.5 Å². The number of anilines is 1. The molecular weight excluding hydrogens is 348 g/mol. The molecule has 0 radical (unpaired) electrons. The second-order valence-electron chi connectivity index (χ2n) is 7.28. The van der Waals surface area contributed by atoms with E-state index in [4.69, 9.17) is 4.74 Å². The maximum Gasteiger partial charge on any atom is 0.266 e. The van der Waals surface area contributed by atoms with Crippen molar-refractivity contribution in [2.45, 2.75) is 47.5 Å². The number of nitrogens with zero attached hydrogens (tertiary/aromatic N) is 1. The summed E-state index contributed by atoms with van der Waals surface area (Å²) in [5, 5.41) is 12.4. The molecule has 0 aliphatic rings. The van der Waals surface area contributed by atoms with Gasteiger partial charge in [-0.2, -0.15) is 5.26 Å². The summed E-state index contributed by atoms with van der Waals surface area (Å²) < 4.78 is 5.75. The first-order valence-corrected chi connectivity index (χ1v) is 9.54. The molecule has 0 fully saturated rings. The van der Waals surface area contributed by atoms with Crippen molar-refractivity contribution in [3.63, 3.8) is 0 Å². The predicted octanol–water partition coefficient (Wildman–Crippen LogP) is 5.68. The lowest BCUT2D eigenvalue weighted by Crippen LogP contribution is -2.14. The molecule has 2 rings (SSSR count). The summed E-state index contributed by atoms with van der Waals surface area (Å²) in [6, 6.07) is 11.9. The normalized spacial score (nSPS) is 11.3. The van der Waals surface area contributed by atoms with Gasteiger partial charge in [0.25, 0.3) is 5.91 Å². The highest BCUT2D eigenvalue weighted by atomic mass is 16.5. The van der Waals surface area contributed by atoms with E-state index in [1.54, 1.807) is 6.08 Å². The first-order valence-electron chi connectivity index (χ1n) is 9.54. The summed E-state index contributed by atoms with van der Waals surface area (Å²) in [6.07, 6.45) is 1.65. The van der Waals surface area contributed by atoms with Crippen molar-refractivity contribution in [3.05, 3.63) is 63.7 Å². The number of aryl methyl sites for hydroxylation is 3. The van der Waals surface area contributed by atoms with Crippen LogP contribution in [0.3, 0.4) is 0 Å². The van der Waals surface area contributed by atoms with E-state index in [2.05, 4.69) is 19.2 Å². The van der Waals surface area contributed by atoms with E-state index in [9.17, 15) is 10.1 Å². The molecule has 28 heavy (non-hydrogen) atoms. The number of amides is 1. The molecular formula is C24H28N2O2. The molecule has 2 aromatic rings.